The number of Topliss-reactive ketones (excluding diaryl/α,β-unsaturated/α-hetero) is 2. The van der Waals surface area contributed by atoms with E-state index in [2.05, 4.69) is 15.1 Å². The average Bonchev–Trinajstić information content (AvgIpc) is 2.86. The first-order chi connectivity index (χ1) is 11.2. The van der Waals surface area contributed by atoms with Gasteiger partial charge in [0.15, 0.2) is 0 Å². The van der Waals surface area contributed by atoms with E-state index < -0.39 is 23.2 Å². The lowest BCUT2D eigenvalue weighted by molar-refractivity contribution is -0.808. The fourth-order valence-corrected chi connectivity index (χ4v) is 3.42. The van der Waals surface area contributed by atoms with Crippen LogP contribution >= 0.6 is 0 Å². The molecule has 3 rings (SSSR count). The van der Waals surface area contributed by atoms with Gasteiger partial charge in [-0.15, -0.1) is 0 Å². The summed E-state index contributed by atoms with van der Waals surface area (Å²) >= 11 is 0. The number of rotatable bonds is 2. The van der Waals surface area contributed by atoms with E-state index in [1.807, 2.05) is 13.8 Å². The van der Waals surface area contributed by atoms with Crippen LogP contribution in [0.15, 0.2) is 16.4 Å². The minimum absolute atomic E-state index is 0.0178. The van der Waals surface area contributed by atoms with Gasteiger partial charge in [-0.05, 0) is 10.3 Å². The number of hydrogen-bond acceptors (Lipinski definition) is 8. The first-order valence-corrected chi connectivity index (χ1v) is 7.45. The zero-order valence-electron chi connectivity index (χ0n) is 13.5. The van der Waals surface area contributed by atoms with Crippen molar-refractivity contribution in [3.63, 3.8) is 0 Å². The summed E-state index contributed by atoms with van der Waals surface area (Å²) in [6.45, 7) is 3.66. The largest absolute Gasteiger partial charge is 0.466 e. The molecule has 128 valence electrons. The summed E-state index contributed by atoms with van der Waals surface area (Å²) in [5.74, 6) is -3.49. The number of ketones is 2. The zero-order valence-corrected chi connectivity index (χ0v) is 13.5. The number of esters is 1. The Morgan fingerprint density at radius 3 is 2.58 bits per heavy atom. The van der Waals surface area contributed by atoms with E-state index in [9.17, 15) is 19.6 Å². The molecule has 0 amide bonds. The lowest BCUT2D eigenvalue weighted by Crippen LogP contribution is -2.46. The van der Waals surface area contributed by atoms with Crippen LogP contribution in [0.4, 0.5) is 5.82 Å². The SMILES string of the molecule is COC(=O)C1=CNc2no[n+]([O-])c2C1C1C(=O)CC(C)(C)CC1=O. The lowest BCUT2D eigenvalue weighted by Gasteiger charge is -2.35. The molecule has 2 heterocycles. The van der Waals surface area contributed by atoms with E-state index in [1.165, 1.54) is 13.3 Å². The molecule has 1 aromatic heterocycles. The molecule has 2 aliphatic rings. The lowest BCUT2D eigenvalue weighted by atomic mass is 9.65. The Kier molecular flexibility index (Phi) is 3.66. The van der Waals surface area contributed by atoms with Gasteiger partial charge in [-0.1, -0.05) is 13.8 Å². The summed E-state index contributed by atoms with van der Waals surface area (Å²) in [6, 6.07) is 0. The molecular formula is C15H17N3O6. The van der Waals surface area contributed by atoms with Gasteiger partial charge in [-0.25, -0.2) is 4.79 Å². The molecular weight excluding hydrogens is 318 g/mol. The predicted molar refractivity (Wildman–Crippen MR) is 78.4 cm³/mol. The maximum Gasteiger partial charge on any atom is 0.336 e. The molecule has 0 saturated heterocycles. The first-order valence-electron chi connectivity index (χ1n) is 7.45. The molecule has 1 aromatic rings. The molecule has 1 atom stereocenters. The highest BCUT2D eigenvalue weighted by atomic mass is 16.8. The summed E-state index contributed by atoms with van der Waals surface area (Å²) < 4.78 is 9.27. The van der Waals surface area contributed by atoms with Gasteiger partial charge in [0.05, 0.1) is 29.7 Å². The monoisotopic (exact) mass is 335 g/mol. The summed E-state index contributed by atoms with van der Waals surface area (Å²) in [6.07, 6.45) is 1.66. The van der Waals surface area contributed by atoms with Gasteiger partial charge in [0.2, 0.25) is 5.69 Å². The summed E-state index contributed by atoms with van der Waals surface area (Å²) in [5, 5.41) is 18.2. The third-order valence-corrected chi connectivity index (χ3v) is 4.39. The van der Waals surface area contributed by atoms with E-state index in [0.717, 1.165) is 0 Å². The molecule has 0 spiro atoms. The van der Waals surface area contributed by atoms with Gasteiger partial charge >= 0.3 is 11.8 Å². The second-order valence-electron chi connectivity index (χ2n) is 6.81. The van der Waals surface area contributed by atoms with Crippen molar-refractivity contribution in [1.82, 2.24) is 5.16 Å². The van der Waals surface area contributed by atoms with Crippen molar-refractivity contribution in [2.75, 3.05) is 12.4 Å². The highest BCUT2D eigenvalue weighted by Crippen LogP contribution is 2.44. The minimum atomic E-state index is -1.14. The van der Waals surface area contributed by atoms with Crippen molar-refractivity contribution in [3.8, 4) is 0 Å². The Hall–Kier alpha value is -2.71. The number of hydrogen-bond donors (Lipinski definition) is 1. The standard InChI is InChI=1S/C15H17N3O6/c1-15(2)4-8(19)11(9(20)5-15)10-7(14(21)23-3)6-16-13-12(10)18(22)24-17-13/h6,10-11H,4-5H2,1-3H3,(H,16,17). The van der Waals surface area contributed by atoms with Crippen LogP contribution in [0.5, 0.6) is 0 Å². The highest BCUT2D eigenvalue weighted by molar-refractivity contribution is 6.08. The summed E-state index contributed by atoms with van der Waals surface area (Å²) in [7, 11) is 1.18. The Labute approximate surface area is 137 Å². The fourth-order valence-electron chi connectivity index (χ4n) is 3.42. The molecule has 1 aliphatic carbocycles. The number of ether oxygens (including phenoxy) is 1. The Balaban J connectivity index is 2.10. The Morgan fingerprint density at radius 2 is 2.00 bits per heavy atom. The van der Waals surface area contributed by atoms with Crippen molar-refractivity contribution in [2.24, 2.45) is 11.3 Å². The van der Waals surface area contributed by atoms with Gasteiger partial charge in [0, 0.05) is 19.0 Å². The number of aromatic nitrogens is 2. The smallest absolute Gasteiger partial charge is 0.336 e. The van der Waals surface area contributed by atoms with Crippen LogP contribution in [0, 0.1) is 16.5 Å². The number of carbonyl (C=O) groups is 3. The Morgan fingerprint density at radius 1 is 1.38 bits per heavy atom. The van der Waals surface area contributed by atoms with Gasteiger partial charge in [0.25, 0.3) is 0 Å². The number of fused-ring (bicyclic) bond motifs is 1. The number of carbonyl (C=O) groups excluding carboxylic acids is 3. The molecule has 0 radical (unpaired) electrons. The highest BCUT2D eigenvalue weighted by Gasteiger charge is 2.51. The molecule has 1 unspecified atom stereocenters. The quantitative estimate of drug-likeness (QED) is 0.469. The van der Waals surface area contributed by atoms with Gasteiger partial charge in [-0.3, -0.25) is 14.2 Å². The van der Waals surface area contributed by atoms with Crippen molar-refractivity contribution in [3.05, 3.63) is 22.7 Å². The molecule has 24 heavy (non-hydrogen) atoms. The van der Waals surface area contributed by atoms with Crippen LogP contribution in [0.25, 0.3) is 0 Å². The van der Waals surface area contributed by atoms with Crippen LogP contribution in [-0.4, -0.2) is 29.8 Å². The Bertz CT molecular complexity index is 743. The molecule has 1 saturated carbocycles. The van der Waals surface area contributed by atoms with E-state index in [4.69, 9.17) is 4.74 Å². The molecule has 1 N–H and O–H groups in total. The maximum atomic E-state index is 12.6. The van der Waals surface area contributed by atoms with Crippen LogP contribution in [-0.2, 0) is 19.1 Å². The summed E-state index contributed by atoms with van der Waals surface area (Å²) in [5.41, 5.74) is -0.494. The van der Waals surface area contributed by atoms with Crippen molar-refractivity contribution in [2.45, 2.75) is 32.6 Å². The second-order valence-corrected chi connectivity index (χ2v) is 6.81. The number of methoxy groups -OCH3 is 1. The van der Waals surface area contributed by atoms with Crippen LogP contribution in [0.3, 0.4) is 0 Å². The van der Waals surface area contributed by atoms with E-state index in [1.54, 1.807) is 0 Å². The molecule has 9 nitrogen and oxygen atoms in total. The number of anilines is 1. The number of nitrogens with one attached hydrogen (secondary N) is 1. The van der Waals surface area contributed by atoms with Crippen LogP contribution in [0.1, 0.15) is 38.3 Å². The molecule has 1 aliphatic heterocycles. The zero-order chi connectivity index (χ0) is 17.6. The second kappa shape index (κ2) is 5.43. The van der Waals surface area contributed by atoms with Crippen molar-refractivity contribution < 1.29 is 28.7 Å². The van der Waals surface area contributed by atoms with Gasteiger partial charge in [0.1, 0.15) is 11.6 Å². The molecule has 9 heteroatoms. The predicted octanol–water partition coefficient (Wildman–Crippen LogP) is 0.448. The van der Waals surface area contributed by atoms with Crippen molar-refractivity contribution in [1.29, 1.82) is 0 Å². The van der Waals surface area contributed by atoms with E-state index >= 15 is 0 Å². The average molecular weight is 335 g/mol. The number of nitrogens with zero attached hydrogens (tertiary/aromatic N) is 2. The molecule has 1 fully saturated rings. The first kappa shape index (κ1) is 16.2. The van der Waals surface area contributed by atoms with E-state index in [-0.39, 0.29) is 46.4 Å². The van der Waals surface area contributed by atoms with Crippen molar-refractivity contribution >= 4 is 23.4 Å². The molecule has 0 aromatic carbocycles. The van der Waals surface area contributed by atoms with Crippen LogP contribution in [0.2, 0.25) is 0 Å². The maximum absolute atomic E-state index is 12.6. The van der Waals surface area contributed by atoms with Crippen LogP contribution < -0.4 is 10.2 Å². The topological polar surface area (TPSA) is 125 Å². The van der Waals surface area contributed by atoms with Gasteiger partial charge < -0.3 is 15.3 Å². The summed E-state index contributed by atoms with van der Waals surface area (Å²) in [4.78, 5) is 37.5. The minimum Gasteiger partial charge on any atom is -0.466 e. The fraction of sp³-hybridized carbons (Fsp3) is 0.533. The van der Waals surface area contributed by atoms with Gasteiger partial charge in [-0.2, -0.15) is 0 Å². The third-order valence-electron chi connectivity index (χ3n) is 4.39. The normalized spacial score (nSPS) is 23.3. The molecule has 0 bridgehead atoms. The van der Waals surface area contributed by atoms with E-state index in [0.29, 0.717) is 0 Å². The third kappa shape index (κ3) is 2.45.